The highest BCUT2D eigenvalue weighted by molar-refractivity contribution is 5.74. The molecule has 3 heteroatoms. The van der Waals surface area contributed by atoms with E-state index in [1.54, 1.807) is 48.5 Å². The number of benzene rings is 2. The van der Waals surface area contributed by atoms with Crippen molar-refractivity contribution in [2.45, 2.75) is 6.10 Å². The van der Waals surface area contributed by atoms with E-state index in [0.29, 0.717) is 11.3 Å². The van der Waals surface area contributed by atoms with Crippen molar-refractivity contribution in [1.82, 2.24) is 0 Å². The Morgan fingerprint density at radius 3 is 2.15 bits per heavy atom. The highest BCUT2D eigenvalue weighted by Gasteiger charge is 2.10. The van der Waals surface area contributed by atoms with Crippen molar-refractivity contribution in [3.63, 3.8) is 0 Å². The van der Waals surface area contributed by atoms with Gasteiger partial charge in [-0.2, -0.15) is 0 Å². The Balaban J connectivity index is 2.13. The number of hydrogen-bond acceptors (Lipinski definition) is 3. The van der Waals surface area contributed by atoms with Crippen LogP contribution < -0.4 is 4.74 Å². The lowest BCUT2D eigenvalue weighted by Crippen LogP contribution is -2.00. The van der Waals surface area contributed by atoms with E-state index >= 15 is 0 Å². The Morgan fingerprint density at radius 1 is 1.10 bits per heavy atom. The second kappa shape index (κ2) is 6.55. The largest absolute Gasteiger partial charge is 0.481 e. The molecule has 0 amide bonds. The van der Waals surface area contributed by atoms with Gasteiger partial charge in [0.15, 0.2) is 0 Å². The predicted octanol–water partition coefficient (Wildman–Crippen LogP) is 2.59. The van der Waals surface area contributed by atoms with Crippen molar-refractivity contribution >= 4 is 6.29 Å². The van der Waals surface area contributed by atoms with E-state index in [4.69, 9.17) is 11.2 Å². The van der Waals surface area contributed by atoms with E-state index in [2.05, 4.69) is 5.92 Å². The molecule has 0 bridgehead atoms. The van der Waals surface area contributed by atoms with Crippen LogP contribution in [-0.4, -0.2) is 18.0 Å². The molecule has 1 N–H and O–H groups in total. The van der Waals surface area contributed by atoms with E-state index in [1.807, 2.05) is 0 Å². The highest BCUT2D eigenvalue weighted by Crippen LogP contribution is 2.24. The Bertz CT molecular complexity index is 606. The first kappa shape index (κ1) is 13.9. The number of hydrogen-bond donors (Lipinski definition) is 1. The van der Waals surface area contributed by atoms with Gasteiger partial charge in [0.2, 0.25) is 0 Å². The first-order valence-electron chi connectivity index (χ1n) is 6.14. The van der Waals surface area contributed by atoms with E-state index in [-0.39, 0.29) is 6.61 Å². The molecule has 0 radical (unpaired) electrons. The second-order valence-corrected chi connectivity index (χ2v) is 4.25. The van der Waals surface area contributed by atoms with Crippen LogP contribution >= 0.6 is 0 Å². The molecule has 1 unspecified atom stereocenters. The lowest BCUT2D eigenvalue weighted by molar-refractivity contribution is 0.112. The molecule has 2 aromatic rings. The Labute approximate surface area is 117 Å². The summed E-state index contributed by atoms with van der Waals surface area (Å²) >= 11 is 0. The van der Waals surface area contributed by atoms with E-state index in [1.165, 1.54) is 0 Å². The summed E-state index contributed by atoms with van der Waals surface area (Å²) in [5.41, 5.74) is 2.06. The molecule has 1 atom stereocenters. The molecular weight excluding hydrogens is 252 g/mol. The topological polar surface area (TPSA) is 46.5 Å². The average Bonchev–Trinajstić information content (AvgIpc) is 2.53. The van der Waals surface area contributed by atoms with E-state index in [0.717, 1.165) is 17.4 Å². The maximum absolute atomic E-state index is 10.6. The van der Waals surface area contributed by atoms with Crippen LogP contribution in [0.25, 0.3) is 0 Å². The number of aliphatic hydroxyl groups excluding tert-OH is 1. The number of terminal acetylenes is 1. The molecule has 0 saturated heterocycles. The standard InChI is InChI=1S/C17H14O3/c1-2-11-20-16-9-7-15(8-10-16)17(19)14-5-3-13(12-18)4-6-14/h1,3-10,12,17,19H,11H2. The molecule has 0 aromatic heterocycles. The summed E-state index contributed by atoms with van der Waals surface area (Å²) in [4.78, 5) is 10.6. The fourth-order valence-corrected chi connectivity index (χ4v) is 1.82. The summed E-state index contributed by atoms with van der Waals surface area (Å²) in [5, 5.41) is 10.3. The first-order chi connectivity index (χ1) is 9.74. The van der Waals surface area contributed by atoms with Crippen molar-refractivity contribution in [2.24, 2.45) is 0 Å². The van der Waals surface area contributed by atoms with Gasteiger partial charge in [0.05, 0.1) is 0 Å². The molecule has 20 heavy (non-hydrogen) atoms. The van der Waals surface area contributed by atoms with Gasteiger partial charge in [-0.05, 0) is 23.3 Å². The third-order valence-corrected chi connectivity index (χ3v) is 2.91. The summed E-state index contributed by atoms with van der Waals surface area (Å²) in [7, 11) is 0. The molecule has 0 aliphatic heterocycles. The third-order valence-electron chi connectivity index (χ3n) is 2.91. The Hall–Kier alpha value is -2.57. The average molecular weight is 266 g/mol. The van der Waals surface area contributed by atoms with Crippen LogP contribution in [0.2, 0.25) is 0 Å². The Kier molecular flexibility index (Phi) is 4.54. The third kappa shape index (κ3) is 3.25. The van der Waals surface area contributed by atoms with Crippen LogP contribution in [0.4, 0.5) is 0 Å². The van der Waals surface area contributed by atoms with Crippen molar-refractivity contribution in [2.75, 3.05) is 6.61 Å². The maximum Gasteiger partial charge on any atom is 0.150 e. The van der Waals surface area contributed by atoms with Gasteiger partial charge in [0.25, 0.3) is 0 Å². The normalized spacial score (nSPS) is 11.4. The van der Waals surface area contributed by atoms with Crippen LogP contribution in [0.15, 0.2) is 48.5 Å². The van der Waals surface area contributed by atoms with Crippen LogP contribution in [0.5, 0.6) is 5.75 Å². The number of rotatable bonds is 5. The lowest BCUT2D eigenvalue weighted by Gasteiger charge is -2.12. The maximum atomic E-state index is 10.6. The second-order valence-electron chi connectivity index (χ2n) is 4.25. The molecule has 0 heterocycles. The molecule has 100 valence electrons. The van der Waals surface area contributed by atoms with Crippen molar-refractivity contribution in [3.05, 3.63) is 65.2 Å². The minimum Gasteiger partial charge on any atom is -0.481 e. The molecule has 0 spiro atoms. The lowest BCUT2D eigenvalue weighted by atomic mass is 10.0. The summed E-state index contributed by atoms with van der Waals surface area (Å²) in [6.07, 6.45) is 5.15. The SMILES string of the molecule is C#CCOc1ccc(C(O)c2ccc(C=O)cc2)cc1. The quantitative estimate of drug-likeness (QED) is 0.668. The minimum atomic E-state index is -0.739. The number of carbonyl (C=O) groups excluding carboxylic acids is 1. The minimum absolute atomic E-state index is 0.217. The number of carbonyl (C=O) groups is 1. The van der Waals surface area contributed by atoms with Gasteiger partial charge < -0.3 is 9.84 Å². The molecular formula is C17H14O3. The molecule has 3 nitrogen and oxygen atoms in total. The zero-order valence-corrected chi connectivity index (χ0v) is 10.8. The van der Waals surface area contributed by atoms with Gasteiger partial charge in [0.1, 0.15) is 24.7 Å². The molecule has 2 aromatic carbocycles. The molecule has 0 aliphatic rings. The summed E-state index contributed by atoms with van der Waals surface area (Å²) in [6.45, 7) is 0.217. The van der Waals surface area contributed by atoms with Gasteiger partial charge in [-0.3, -0.25) is 4.79 Å². The molecule has 0 fully saturated rings. The summed E-state index contributed by atoms with van der Waals surface area (Å²) in [5.74, 6) is 3.05. The van der Waals surface area contributed by atoms with Crippen molar-refractivity contribution < 1.29 is 14.6 Å². The predicted molar refractivity (Wildman–Crippen MR) is 76.7 cm³/mol. The van der Waals surface area contributed by atoms with Crippen LogP contribution in [-0.2, 0) is 0 Å². The zero-order chi connectivity index (χ0) is 14.4. The fourth-order valence-electron chi connectivity index (χ4n) is 1.82. The molecule has 2 rings (SSSR count). The van der Waals surface area contributed by atoms with E-state index in [9.17, 15) is 9.90 Å². The van der Waals surface area contributed by atoms with Crippen LogP contribution in [0.3, 0.4) is 0 Å². The van der Waals surface area contributed by atoms with Gasteiger partial charge in [-0.1, -0.05) is 42.3 Å². The molecule has 0 saturated carbocycles. The number of ether oxygens (including phenoxy) is 1. The smallest absolute Gasteiger partial charge is 0.150 e. The fraction of sp³-hybridized carbons (Fsp3) is 0.118. The number of aldehydes is 1. The van der Waals surface area contributed by atoms with Gasteiger partial charge in [-0.25, -0.2) is 0 Å². The van der Waals surface area contributed by atoms with Crippen molar-refractivity contribution in [3.8, 4) is 18.1 Å². The highest BCUT2D eigenvalue weighted by atomic mass is 16.5. The first-order valence-corrected chi connectivity index (χ1v) is 6.14. The monoisotopic (exact) mass is 266 g/mol. The van der Waals surface area contributed by atoms with E-state index < -0.39 is 6.10 Å². The van der Waals surface area contributed by atoms with Gasteiger partial charge in [-0.15, -0.1) is 6.42 Å². The van der Waals surface area contributed by atoms with Crippen LogP contribution in [0, 0.1) is 12.3 Å². The summed E-state index contributed by atoms with van der Waals surface area (Å²) < 4.78 is 5.27. The summed E-state index contributed by atoms with van der Waals surface area (Å²) in [6, 6.07) is 13.9. The van der Waals surface area contributed by atoms with Crippen LogP contribution in [0.1, 0.15) is 27.6 Å². The van der Waals surface area contributed by atoms with Gasteiger partial charge in [0, 0.05) is 5.56 Å². The van der Waals surface area contributed by atoms with Crippen molar-refractivity contribution in [1.29, 1.82) is 0 Å². The zero-order valence-electron chi connectivity index (χ0n) is 10.8. The molecule has 0 aliphatic carbocycles. The number of aliphatic hydroxyl groups is 1. The Morgan fingerprint density at radius 2 is 1.65 bits per heavy atom. The van der Waals surface area contributed by atoms with Gasteiger partial charge >= 0.3 is 0 Å².